The zero-order valence-corrected chi connectivity index (χ0v) is 7.92. The minimum absolute atomic E-state index is 0.196. The number of carbonyl (C=O) groups excluding carboxylic acids is 1. The second kappa shape index (κ2) is 4.50. The van der Waals surface area contributed by atoms with Crippen molar-refractivity contribution in [2.45, 2.75) is 20.3 Å². The van der Waals surface area contributed by atoms with Gasteiger partial charge in [0.15, 0.2) is 0 Å². The number of amides is 2. The first-order chi connectivity index (χ1) is 6.18. The molecule has 3 nitrogen and oxygen atoms in total. The highest BCUT2D eigenvalue weighted by Gasteiger charge is 1.97. The van der Waals surface area contributed by atoms with Crippen LogP contribution in [-0.2, 0) is 0 Å². The van der Waals surface area contributed by atoms with Crippen molar-refractivity contribution in [3.05, 3.63) is 35.7 Å². The Morgan fingerprint density at radius 1 is 1.31 bits per heavy atom. The molecule has 0 aromatic rings. The first-order valence-electron chi connectivity index (χ1n) is 4.25. The summed E-state index contributed by atoms with van der Waals surface area (Å²) in [5.41, 5.74) is 2.10. The van der Waals surface area contributed by atoms with E-state index in [1.54, 1.807) is 6.20 Å². The molecule has 0 saturated carbocycles. The number of hydrogen-bond acceptors (Lipinski definition) is 1. The molecule has 1 aliphatic rings. The topological polar surface area (TPSA) is 41.1 Å². The number of allylic oxidation sites excluding steroid dienone is 5. The number of hydrogen-bond donors (Lipinski definition) is 2. The normalized spacial score (nSPS) is 28.6. The van der Waals surface area contributed by atoms with Gasteiger partial charge in [-0.05, 0) is 26.3 Å². The van der Waals surface area contributed by atoms with E-state index in [2.05, 4.69) is 17.6 Å². The van der Waals surface area contributed by atoms with Gasteiger partial charge in [-0.15, -0.1) is 0 Å². The maximum Gasteiger partial charge on any atom is 0.322 e. The zero-order chi connectivity index (χ0) is 9.68. The van der Waals surface area contributed by atoms with E-state index in [0.29, 0.717) is 0 Å². The number of nitrogens with one attached hydrogen (secondary N) is 2. The van der Waals surface area contributed by atoms with E-state index in [1.165, 1.54) is 5.57 Å². The lowest BCUT2D eigenvalue weighted by Gasteiger charge is -2.05. The molecule has 1 aliphatic heterocycles. The van der Waals surface area contributed by atoms with Gasteiger partial charge < -0.3 is 10.6 Å². The molecule has 0 aromatic carbocycles. The van der Waals surface area contributed by atoms with Crippen molar-refractivity contribution in [3.8, 4) is 0 Å². The molecule has 0 unspecified atom stereocenters. The molecule has 3 heteroatoms. The molecular weight excluding hydrogens is 164 g/mol. The highest BCUT2D eigenvalue weighted by atomic mass is 16.2. The third kappa shape index (κ3) is 3.60. The smallest absolute Gasteiger partial charge is 0.315 e. The summed E-state index contributed by atoms with van der Waals surface area (Å²) in [7, 11) is 0. The average Bonchev–Trinajstić information content (AvgIpc) is 2.08. The van der Waals surface area contributed by atoms with Gasteiger partial charge in [-0.1, -0.05) is 17.7 Å². The third-order valence-electron chi connectivity index (χ3n) is 1.70. The molecule has 0 fully saturated rings. The van der Waals surface area contributed by atoms with Crippen LogP contribution in [0.5, 0.6) is 0 Å². The average molecular weight is 178 g/mol. The minimum Gasteiger partial charge on any atom is -0.315 e. The molecule has 0 bridgehead atoms. The molecule has 0 aromatic heterocycles. The van der Waals surface area contributed by atoms with Gasteiger partial charge in [0.05, 0.1) is 0 Å². The Balaban J connectivity index is 2.78. The van der Waals surface area contributed by atoms with Gasteiger partial charge in [0.1, 0.15) is 0 Å². The number of urea groups is 1. The van der Waals surface area contributed by atoms with E-state index in [4.69, 9.17) is 0 Å². The van der Waals surface area contributed by atoms with Crippen LogP contribution in [0.15, 0.2) is 35.7 Å². The van der Waals surface area contributed by atoms with E-state index in [-0.39, 0.29) is 6.03 Å². The SMILES string of the molecule is C/C1=C/C=C(\C)NC(=O)N/C=C/C1. The Kier molecular flexibility index (Phi) is 3.31. The second-order valence-corrected chi connectivity index (χ2v) is 3.07. The van der Waals surface area contributed by atoms with Crippen LogP contribution >= 0.6 is 0 Å². The first-order valence-corrected chi connectivity index (χ1v) is 4.25. The van der Waals surface area contributed by atoms with Crippen LogP contribution in [0.4, 0.5) is 4.79 Å². The molecule has 0 spiro atoms. The summed E-state index contributed by atoms with van der Waals surface area (Å²) < 4.78 is 0. The van der Waals surface area contributed by atoms with Gasteiger partial charge in [-0.2, -0.15) is 0 Å². The predicted molar refractivity (Wildman–Crippen MR) is 52.9 cm³/mol. The summed E-state index contributed by atoms with van der Waals surface area (Å²) in [6.07, 6.45) is 8.34. The molecular formula is C10H14N2O. The molecule has 13 heavy (non-hydrogen) atoms. The molecule has 2 amide bonds. The van der Waals surface area contributed by atoms with Gasteiger partial charge in [0, 0.05) is 11.9 Å². The highest BCUT2D eigenvalue weighted by molar-refractivity contribution is 5.76. The lowest BCUT2D eigenvalue weighted by Crippen LogP contribution is -2.30. The summed E-state index contributed by atoms with van der Waals surface area (Å²) in [5, 5.41) is 5.29. The van der Waals surface area contributed by atoms with Gasteiger partial charge in [-0.25, -0.2) is 4.79 Å². The fourth-order valence-corrected chi connectivity index (χ4v) is 0.972. The molecule has 1 heterocycles. The summed E-state index contributed by atoms with van der Waals surface area (Å²) in [5.74, 6) is 0. The Labute approximate surface area is 78.2 Å². The van der Waals surface area contributed by atoms with E-state index in [1.807, 2.05) is 25.2 Å². The molecule has 0 saturated heterocycles. The van der Waals surface area contributed by atoms with Crippen molar-refractivity contribution in [1.82, 2.24) is 10.6 Å². The fraction of sp³-hybridized carbons (Fsp3) is 0.300. The van der Waals surface area contributed by atoms with Crippen LogP contribution in [-0.4, -0.2) is 6.03 Å². The Morgan fingerprint density at radius 3 is 2.85 bits per heavy atom. The van der Waals surface area contributed by atoms with Crippen molar-refractivity contribution in [1.29, 1.82) is 0 Å². The Morgan fingerprint density at radius 2 is 2.08 bits per heavy atom. The predicted octanol–water partition coefficient (Wildman–Crippen LogP) is 2.05. The monoisotopic (exact) mass is 178 g/mol. The van der Waals surface area contributed by atoms with E-state index in [9.17, 15) is 4.79 Å². The second-order valence-electron chi connectivity index (χ2n) is 3.07. The van der Waals surface area contributed by atoms with Gasteiger partial charge >= 0.3 is 6.03 Å². The Bertz CT molecular complexity index is 287. The summed E-state index contributed by atoms with van der Waals surface area (Å²) in [4.78, 5) is 11.1. The van der Waals surface area contributed by atoms with Crippen LogP contribution in [0, 0.1) is 0 Å². The lowest BCUT2D eigenvalue weighted by atomic mass is 10.2. The molecule has 1 rings (SSSR count). The van der Waals surface area contributed by atoms with Crippen molar-refractivity contribution in [2.24, 2.45) is 0 Å². The summed E-state index contributed by atoms with van der Waals surface area (Å²) in [6.45, 7) is 3.91. The molecule has 0 atom stereocenters. The highest BCUT2D eigenvalue weighted by Crippen LogP contribution is 2.02. The van der Waals surface area contributed by atoms with E-state index < -0.39 is 0 Å². The van der Waals surface area contributed by atoms with Crippen LogP contribution in [0.2, 0.25) is 0 Å². The van der Waals surface area contributed by atoms with Gasteiger partial charge in [0.25, 0.3) is 0 Å². The van der Waals surface area contributed by atoms with E-state index in [0.717, 1.165) is 12.1 Å². The van der Waals surface area contributed by atoms with Gasteiger partial charge in [0.2, 0.25) is 0 Å². The van der Waals surface area contributed by atoms with Crippen molar-refractivity contribution >= 4 is 6.03 Å². The number of carbonyl (C=O) groups is 1. The quantitative estimate of drug-likeness (QED) is 0.585. The minimum atomic E-state index is -0.196. The largest absolute Gasteiger partial charge is 0.322 e. The van der Waals surface area contributed by atoms with Crippen LogP contribution in [0.1, 0.15) is 20.3 Å². The fourth-order valence-electron chi connectivity index (χ4n) is 0.972. The Hall–Kier alpha value is -1.51. The maximum absolute atomic E-state index is 11.1. The van der Waals surface area contributed by atoms with Crippen molar-refractivity contribution in [3.63, 3.8) is 0 Å². The van der Waals surface area contributed by atoms with Crippen molar-refractivity contribution < 1.29 is 4.79 Å². The van der Waals surface area contributed by atoms with Crippen molar-refractivity contribution in [2.75, 3.05) is 0 Å². The maximum atomic E-state index is 11.1. The molecule has 70 valence electrons. The molecule has 2 N–H and O–H groups in total. The standard InChI is InChI=1S/C10H14N2O/c1-8-4-3-7-11-10(13)12-9(2)6-5-8/h3,5-7H,4H2,1-2H3,(H2,11,12,13)/b7-3+,8-5-,9-6+. The third-order valence-corrected chi connectivity index (χ3v) is 1.70. The molecule has 0 radical (unpaired) electrons. The van der Waals surface area contributed by atoms with Gasteiger partial charge in [-0.3, -0.25) is 0 Å². The van der Waals surface area contributed by atoms with Crippen LogP contribution in [0.3, 0.4) is 0 Å². The summed E-state index contributed by atoms with van der Waals surface area (Å²) >= 11 is 0. The molecule has 0 aliphatic carbocycles. The summed E-state index contributed by atoms with van der Waals surface area (Å²) in [6, 6.07) is -0.196. The first kappa shape index (κ1) is 9.58. The van der Waals surface area contributed by atoms with Crippen LogP contribution < -0.4 is 10.6 Å². The number of rotatable bonds is 0. The van der Waals surface area contributed by atoms with E-state index >= 15 is 0 Å². The van der Waals surface area contributed by atoms with Crippen LogP contribution in [0.25, 0.3) is 0 Å². The lowest BCUT2D eigenvalue weighted by molar-refractivity contribution is 0.246. The zero-order valence-electron chi connectivity index (χ0n) is 7.92.